The van der Waals surface area contributed by atoms with E-state index in [1.54, 1.807) is 35.4 Å². The van der Waals surface area contributed by atoms with E-state index in [4.69, 9.17) is 0 Å². The topological polar surface area (TPSA) is 108 Å². The molecule has 0 radical (unpaired) electrons. The molecule has 2 aromatic carbocycles. The van der Waals surface area contributed by atoms with Crippen molar-refractivity contribution in [1.29, 1.82) is 0 Å². The zero-order chi connectivity index (χ0) is 25.6. The van der Waals surface area contributed by atoms with E-state index in [2.05, 4.69) is 35.5 Å². The van der Waals surface area contributed by atoms with E-state index in [0.717, 1.165) is 55.0 Å². The number of piperazine rings is 1. The highest BCUT2D eigenvalue weighted by Crippen LogP contribution is 2.23. The Morgan fingerprint density at radius 3 is 2.51 bits per heavy atom. The van der Waals surface area contributed by atoms with Crippen LogP contribution in [-0.2, 0) is 18.3 Å². The van der Waals surface area contributed by atoms with E-state index in [1.807, 2.05) is 43.4 Å². The number of nitrogens with zero attached hydrogens (tertiary/aromatic N) is 6. The third-order valence-corrected chi connectivity index (χ3v) is 6.54. The van der Waals surface area contributed by atoms with Gasteiger partial charge in [0.05, 0.1) is 29.4 Å². The number of hydrogen-bond acceptors (Lipinski definition) is 7. The Morgan fingerprint density at radius 1 is 0.946 bits per heavy atom. The van der Waals surface area contributed by atoms with Crippen LogP contribution in [0.4, 0.5) is 11.5 Å². The molecule has 0 aliphatic carbocycles. The largest absolute Gasteiger partial charge is 0.353 e. The van der Waals surface area contributed by atoms with Crippen LogP contribution in [0.25, 0.3) is 11.0 Å². The summed E-state index contributed by atoms with van der Waals surface area (Å²) in [5, 5.41) is 11.1. The SMILES string of the molecule is Cn1ncc2c(N3CCN(CC(=O)Nc4ccccc4C(=O)NCCc4ccccc4)CC3)ncnc21. The van der Waals surface area contributed by atoms with Crippen LogP contribution in [0.3, 0.4) is 0 Å². The average Bonchev–Trinajstić information content (AvgIpc) is 3.31. The first-order valence-electron chi connectivity index (χ1n) is 12.4. The molecule has 2 aromatic heterocycles. The standard InChI is InChI=1S/C27H30N8O2/c1-33-25-22(17-31-33)26(30-19-29-25)35-15-13-34(14-16-35)18-24(36)32-23-10-6-5-9-21(23)27(37)28-12-11-20-7-3-2-4-8-20/h2-10,17,19H,11-16,18H2,1H3,(H,28,37)(H,32,36). The van der Waals surface area contributed by atoms with Crippen molar-refractivity contribution in [2.24, 2.45) is 7.05 Å². The van der Waals surface area contributed by atoms with Gasteiger partial charge in [0.15, 0.2) is 5.65 Å². The van der Waals surface area contributed by atoms with Crippen molar-refractivity contribution >= 4 is 34.4 Å². The number of aromatic nitrogens is 4. The van der Waals surface area contributed by atoms with Crippen LogP contribution < -0.4 is 15.5 Å². The Bertz CT molecular complexity index is 1380. The first kappa shape index (κ1) is 24.4. The predicted molar refractivity (Wildman–Crippen MR) is 143 cm³/mol. The highest BCUT2D eigenvalue weighted by atomic mass is 16.2. The van der Waals surface area contributed by atoms with E-state index >= 15 is 0 Å². The van der Waals surface area contributed by atoms with Crippen molar-refractivity contribution in [3.63, 3.8) is 0 Å². The molecule has 1 aliphatic heterocycles. The van der Waals surface area contributed by atoms with Gasteiger partial charge in [-0.3, -0.25) is 19.2 Å². The molecule has 2 N–H and O–H groups in total. The third-order valence-electron chi connectivity index (χ3n) is 6.54. The molecule has 4 aromatic rings. The van der Waals surface area contributed by atoms with Crippen LogP contribution in [0.1, 0.15) is 15.9 Å². The smallest absolute Gasteiger partial charge is 0.253 e. The second kappa shape index (κ2) is 11.2. The molecule has 0 unspecified atom stereocenters. The Kier molecular flexibility index (Phi) is 7.36. The fourth-order valence-electron chi connectivity index (χ4n) is 4.56. The quantitative estimate of drug-likeness (QED) is 0.383. The molecule has 0 bridgehead atoms. The van der Waals surface area contributed by atoms with Crippen molar-refractivity contribution in [3.05, 3.63) is 78.2 Å². The zero-order valence-electron chi connectivity index (χ0n) is 20.8. The maximum Gasteiger partial charge on any atom is 0.253 e. The summed E-state index contributed by atoms with van der Waals surface area (Å²) in [7, 11) is 1.86. The molecular weight excluding hydrogens is 468 g/mol. The number of anilines is 2. The Balaban J connectivity index is 1.13. The molecular formula is C27H30N8O2. The van der Waals surface area contributed by atoms with E-state index < -0.39 is 0 Å². The number of amides is 2. The van der Waals surface area contributed by atoms with Gasteiger partial charge in [-0.2, -0.15) is 5.10 Å². The van der Waals surface area contributed by atoms with Crippen LogP contribution >= 0.6 is 0 Å². The highest BCUT2D eigenvalue weighted by molar-refractivity contribution is 6.04. The van der Waals surface area contributed by atoms with Gasteiger partial charge in [-0.25, -0.2) is 9.97 Å². The van der Waals surface area contributed by atoms with Gasteiger partial charge in [-0.05, 0) is 24.1 Å². The van der Waals surface area contributed by atoms with Crippen molar-refractivity contribution in [3.8, 4) is 0 Å². The number of hydrogen-bond donors (Lipinski definition) is 2. The lowest BCUT2D eigenvalue weighted by atomic mass is 10.1. The van der Waals surface area contributed by atoms with Gasteiger partial charge < -0.3 is 15.5 Å². The monoisotopic (exact) mass is 498 g/mol. The number of carbonyl (C=O) groups is 2. The maximum absolute atomic E-state index is 12.9. The summed E-state index contributed by atoms with van der Waals surface area (Å²) in [5.74, 6) is 0.524. The summed E-state index contributed by atoms with van der Waals surface area (Å²) in [6.07, 6.45) is 4.10. The lowest BCUT2D eigenvalue weighted by Crippen LogP contribution is -2.49. The summed E-state index contributed by atoms with van der Waals surface area (Å²) in [6.45, 7) is 3.71. The fourth-order valence-corrected chi connectivity index (χ4v) is 4.56. The number of carbonyl (C=O) groups excluding carboxylic acids is 2. The van der Waals surface area contributed by atoms with Gasteiger partial charge in [0.1, 0.15) is 12.1 Å². The number of para-hydroxylation sites is 1. The summed E-state index contributed by atoms with van der Waals surface area (Å²) in [5.41, 5.74) is 2.94. The van der Waals surface area contributed by atoms with Crippen LogP contribution in [-0.4, -0.2) is 75.7 Å². The van der Waals surface area contributed by atoms with Crippen LogP contribution in [0, 0.1) is 0 Å². The third kappa shape index (κ3) is 5.75. The van der Waals surface area contributed by atoms with Crippen molar-refractivity contribution in [2.75, 3.05) is 49.5 Å². The molecule has 10 heteroatoms. The molecule has 3 heterocycles. The van der Waals surface area contributed by atoms with E-state index in [0.29, 0.717) is 17.8 Å². The molecule has 1 fully saturated rings. The maximum atomic E-state index is 12.9. The van der Waals surface area contributed by atoms with Crippen molar-refractivity contribution < 1.29 is 9.59 Å². The first-order valence-corrected chi connectivity index (χ1v) is 12.4. The van der Waals surface area contributed by atoms with Crippen LogP contribution in [0.15, 0.2) is 67.1 Å². The number of fused-ring (bicyclic) bond motifs is 1. The lowest BCUT2D eigenvalue weighted by Gasteiger charge is -2.35. The Morgan fingerprint density at radius 2 is 1.70 bits per heavy atom. The molecule has 37 heavy (non-hydrogen) atoms. The Labute approximate surface area is 215 Å². The average molecular weight is 499 g/mol. The number of nitrogens with one attached hydrogen (secondary N) is 2. The summed E-state index contributed by atoms with van der Waals surface area (Å²) in [4.78, 5) is 38.7. The molecule has 190 valence electrons. The fraction of sp³-hybridized carbons (Fsp3) is 0.296. The normalized spacial score (nSPS) is 14.0. The van der Waals surface area contributed by atoms with Crippen molar-refractivity contribution in [1.82, 2.24) is 30.0 Å². The minimum absolute atomic E-state index is 0.144. The molecule has 1 aliphatic rings. The second-order valence-electron chi connectivity index (χ2n) is 9.05. The van der Waals surface area contributed by atoms with Crippen LogP contribution in [0.5, 0.6) is 0 Å². The summed E-state index contributed by atoms with van der Waals surface area (Å²) < 4.78 is 1.74. The highest BCUT2D eigenvalue weighted by Gasteiger charge is 2.23. The van der Waals surface area contributed by atoms with E-state index in [1.165, 1.54) is 0 Å². The first-order chi connectivity index (χ1) is 18.1. The number of rotatable bonds is 8. The second-order valence-corrected chi connectivity index (χ2v) is 9.05. The van der Waals surface area contributed by atoms with Gasteiger partial charge >= 0.3 is 0 Å². The van der Waals surface area contributed by atoms with Gasteiger partial charge in [-0.1, -0.05) is 42.5 Å². The number of aryl methyl sites for hydroxylation is 1. The van der Waals surface area contributed by atoms with Gasteiger partial charge in [-0.15, -0.1) is 0 Å². The summed E-state index contributed by atoms with van der Waals surface area (Å²) >= 11 is 0. The van der Waals surface area contributed by atoms with E-state index in [-0.39, 0.29) is 18.4 Å². The van der Waals surface area contributed by atoms with Gasteiger partial charge in [0, 0.05) is 39.8 Å². The Hall–Kier alpha value is -4.31. The van der Waals surface area contributed by atoms with Crippen molar-refractivity contribution in [2.45, 2.75) is 6.42 Å². The lowest BCUT2D eigenvalue weighted by molar-refractivity contribution is -0.117. The number of benzene rings is 2. The molecule has 0 atom stereocenters. The zero-order valence-corrected chi connectivity index (χ0v) is 20.8. The van der Waals surface area contributed by atoms with E-state index in [9.17, 15) is 9.59 Å². The minimum atomic E-state index is -0.202. The predicted octanol–water partition coefficient (Wildman–Crippen LogP) is 2.10. The molecule has 5 rings (SSSR count). The van der Waals surface area contributed by atoms with Gasteiger partial charge in [0.25, 0.3) is 5.91 Å². The molecule has 1 saturated heterocycles. The molecule has 10 nitrogen and oxygen atoms in total. The van der Waals surface area contributed by atoms with Gasteiger partial charge in [0.2, 0.25) is 5.91 Å². The molecule has 2 amide bonds. The summed E-state index contributed by atoms with van der Waals surface area (Å²) in [6, 6.07) is 17.1. The molecule has 0 spiro atoms. The minimum Gasteiger partial charge on any atom is -0.353 e. The van der Waals surface area contributed by atoms with Crippen LogP contribution in [0.2, 0.25) is 0 Å². The molecule has 0 saturated carbocycles.